The fraction of sp³-hybridized carbons (Fsp3) is 0.167. The molecule has 0 fully saturated rings. The minimum atomic E-state index is -2.77. The van der Waals surface area contributed by atoms with E-state index in [1.807, 2.05) is 0 Å². The molecule has 0 aliphatic heterocycles. The van der Waals surface area contributed by atoms with Gasteiger partial charge in [0.15, 0.2) is 5.82 Å². The average molecular weight is 333 g/mol. The molecule has 3 aromatic heterocycles. The van der Waals surface area contributed by atoms with E-state index in [0.717, 1.165) is 6.20 Å². The summed E-state index contributed by atoms with van der Waals surface area (Å²) < 4.78 is 32.0. The van der Waals surface area contributed by atoms with Crippen molar-refractivity contribution >= 4 is 40.1 Å². The Labute approximate surface area is 127 Å². The van der Waals surface area contributed by atoms with Gasteiger partial charge in [-0.3, -0.25) is 4.57 Å². The van der Waals surface area contributed by atoms with Crippen LogP contribution in [0.4, 0.5) is 14.6 Å². The summed E-state index contributed by atoms with van der Waals surface area (Å²) in [6, 6.07) is 3.46. The average Bonchev–Trinajstić information content (AvgIpc) is 3.05. The van der Waals surface area contributed by atoms with Crippen LogP contribution in [0.25, 0.3) is 11.0 Å². The molecule has 0 aliphatic carbocycles. The van der Waals surface area contributed by atoms with Crippen LogP contribution in [0.2, 0.25) is 10.3 Å². The van der Waals surface area contributed by atoms with Crippen molar-refractivity contribution in [3.05, 3.63) is 40.7 Å². The van der Waals surface area contributed by atoms with Gasteiger partial charge >= 0.3 is 6.55 Å². The lowest BCUT2D eigenvalue weighted by molar-refractivity contribution is 0.0752. The first-order chi connectivity index (χ1) is 10.1. The summed E-state index contributed by atoms with van der Waals surface area (Å²) >= 11 is 11.7. The quantitative estimate of drug-likeness (QED) is 0.722. The topological polar surface area (TPSA) is 55.9 Å². The van der Waals surface area contributed by atoms with Crippen LogP contribution in [-0.2, 0) is 6.54 Å². The molecule has 3 heterocycles. The van der Waals surface area contributed by atoms with Gasteiger partial charge < -0.3 is 9.73 Å². The molecule has 0 aliphatic rings. The fourth-order valence-electron chi connectivity index (χ4n) is 1.95. The number of hydrogen-bond acceptors (Lipinski definition) is 4. The van der Waals surface area contributed by atoms with E-state index in [-0.39, 0.29) is 33.7 Å². The zero-order chi connectivity index (χ0) is 15.0. The van der Waals surface area contributed by atoms with Crippen LogP contribution in [0.1, 0.15) is 12.3 Å². The van der Waals surface area contributed by atoms with Crippen LogP contribution >= 0.6 is 23.2 Å². The van der Waals surface area contributed by atoms with Gasteiger partial charge in [0.1, 0.15) is 16.8 Å². The Bertz CT molecular complexity index is 773. The van der Waals surface area contributed by atoms with Crippen molar-refractivity contribution in [3.63, 3.8) is 0 Å². The molecule has 0 unspecified atom stereocenters. The van der Waals surface area contributed by atoms with E-state index in [9.17, 15) is 8.78 Å². The SMILES string of the molecule is FC(F)n1cc(Cl)c2nc(Cl)nc(NCc3ccco3)c21. The third kappa shape index (κ3) is 2.66. The van der Waals surface area contributed by atoms with Crippen molar-refractivity contribution in [2.75, 3.05) is 5.32 Å². The summed E-state index contributed by atoms with van der Waals surface area (Å²) in [5.74, 6) is 0.785. The Morgan fingerprint density at radius 2 is 2.14 bits per heavy atom. The van der Waals surface area contributed by atoms with Crippen molar-refractivity contribution in [3.8, 4) is 0 Å². The summed E-state index contributed by atoms with van der Waals surface area (Å²) in [7, 11) is 0. The van der Waals surface area contributed by atoms with E-state index in [1.54, 1.807) is 12.1 Å². The number of alkyl halides is 2. The third-order valence-electron chi connectivity index (χ3n) is 2.81. The van der Waals surface area contributed by atoms with Gasteiger partial charge in [-0.25, -0.2) is 4.98 Å². The molecule has 1 N–H and O–H groups in total. The molecule has 3 aromatic rings. The van der Waals surface area contributed by atoms with Gasteiger partial charge in [-0.15, -0.1) is 0 Å². The van der Waals surface area contributed by atoms with Crippen molar-refractivity contribution in [1.29, 1.82) is 0 Å². The molecule has 0 amide bonds. The second kappa shape index (κ2) is 5.50. The fourth-order valence-corrected chi connectivity index (χ4v) is 2.35. The number of nitrogens with zero attached hydrogens (tertiary/aromatic N) is 3. The van der Waals surface area contributed by atoms with E-state index >= 15 is 0 Å². The highest BCUT2D eigenvalue weighted by Gasteiger charge is 2.20. The molecule has 0 aromatic carbocycles. The summed E-state index contributed by atoms with van der Waals surface area (Å²) in [5, 5.41) is 2.89. The number of aromatic nitrogens is 3. The lowest BCUT2D eigenvalue weighted by atomic mass is 10.4. The van der Waals surface area contributed by atoms with E-state index in [2.05, 4.69) is 15.3 Å². The highest BCUT2D eigenvalue weighted by Crippen LogP contribution is 2.33. The summed E-state index contributed by atoms with van der Waals surface area (Å²) in [4.78, 5) is 7.83. The second-order valence-electron chi connectivity index (χ2n) is 4.13. The smallest absolute Gasteiger partial charge is 0.319 e. The Morgan fingerprint density at radius 3 is 2.81 bits per heavy atom. The van der Waals surface area contributed by atoms with Gasteiger partial charge in [0.25, 0.3) is 0 Å². The van der Waals surface area contributed by atoms with Crippen LogP contribution in [0.15, 0.2) is 29.0 Å². The van der Waals surface area contributed by atoms with Gasteiger partial charge in [-0.2, -0.15) is 13.8 Å². The Balaban J connectivity index is 2.07. The zero-order valence-electron chi connectivity index (χ0n) is 10.4. The van der Waals surface area contributed by atoms with Gasteiger partial charge in [0, 0.05) is 6.20 Å². The second-order valence-corrected chi connectivity index (χ2v) is 4.88. The lowest BCUT2D eigenvalue weighted by Gasteiger charge is -2.09. The molecular formula is C12H8Cl2F2N4O. The van der Waals surface area contributed by atoms with Crippen molar-refractivity contribution in [1.82, 2.24) is 14.5 Å². The van der Waals surface area contributed by atoms with E-state index in [0.29, 0.717) is 10.3 Å². The highest BCUT2D eigenvalue weighted by molar-refractivity contribution is 6.36. The van der Waals surface area contributed by atoms with Gasteiger partial charge in [-0.1, -0.05) is 11.6 Å². The predicted octanol–water partition coefficient (Wildman–Crippen LogP) is 4.34. The number of rotatable bonds is 4. The standard InChI is InChI=1S/C12H8Cl2F2N4O/c13-7-5-20(12(15)16)9-8(7)18-11(14)19-10(9)17-4-6-2-1-3-21-6/h1-3,5,12H,4H2,(H,17,18,19). The molecule has 5 nitrogen and oxygen atoms in total. The molecule has 21 heavy (non-hydrogen) atoms. The minimum Gasteiger partial charge on any atom is -0.467 e. The summed E-state index contributed by atoms with van der Waals surface area (Å²) in [6.07, 6.45) is 2.61. The van der Waals surface area contributed by atoms with Crippen LogP contribution in [0.5, 0.6) is 0 Å². The largest absolute Gasteiger partial charge is 0.467 e. The molecule has 9 heteroatoms. The lowest BCUT2D eigenvalue weighted by Crippen LogP contribution is -2.05. The van der Waals surface area contributed by atoms with Crippen LogP contribution in [0, 0.1) is 0 Å². The van der Waals surface area contributed by atoms with Crippen molar-refractivity contribution in [2.45, 2.75) is 13.1 Å². The molecular weight excluding hydrogens is 325 g/mol. The first-order valence-corrected chi connectivity index (χ1v) is 6.60. The van der Waals surface area contributed by atoms with Gasteiger partial charge in [0.2, 0.25) is 5.28 Å². The van der Waals surface area contributed by atoms with E-state index < -0.39 is 6.55 Å². The maximum atomic E-state index is 13.1. The molecule has 3 rings (SSSR count). The first-order valence-electron chi connectivity index (χ1n) is 5.84. The Morgan fingerprint density at radius 1 is 1.33 bits per heavy atom. The monoisotopic (exact) mass is 332 g/mol. The molecule has 0 saturated carbocycles. The maximum absolute atomic E-state index is 13.1. The summed E-state index contributed by atoms with van der Waals surface area (Å²) in [5.41, 5.74) is 0.255. The molecule has 0 saturated heterocycles. The van der Waals surface area contributed by atoms with Crippen LogP contribution in [-0.4, -0.2) is 14.5 Å². The van der Waals surface area contributed by atoms with Crippen molar-refractivity contribution < 1.29 is 13.2 Å². The molecule has 0 bridgehead atoms. The van der Waals surface area contributed by atoms with Crippen LogP contribution < -0.4 is 5.32 Å². The summed E-state index contributed by atoms with van der Waals surface area (Å²) in [6.45, 7) is -2.50. The van der Waals surface area contributed by atoms with E-state index in [4.69, 9.17) is 27.6 Å². The number of furan rings is 1. The molecule has 0 radical (unpaired) electrons. The van der Waals surface area contributed by atoms with Gasteiger partial charge in [0.05, 0.1) is 17.8 Å². The van der Waals surface area contributed by atoms with Gasteiger partial charge in [-0.05, 0) is 23.7 Å². The van der Waals surface area contributed by atoms with E-state index in [1.165, 1.54) is 6.26 Å². The number of nitrogens with one attached hydrogen (secondary N) is 1. The van der Waals surface area contributed by atoms with Crippen molar-refractivity contribution in [2.24, 2.45) is 0 Å². The zero-order valence-corrected chi connectivity index (χ0v) is 11.9. The number of halogens is 4. The first kappa shape index (κ1) is 14.1. The third-order valence-corrected chi connectivity index (χ3v) is 3.26. The number of hydrogen-bond donors (Lipinski definition) is 1. The number of fused-ring (bicyclic) bond motifs is 1. The minimum absolute atomic E-state index is 0.0793. The van der Waals surface area contributed by atoms with Crippen LogP contribution in [0.3, 0.4) is 0 Å². The molecule has 110 valence electrons. The Hall–Kier alpha value is -1.86. The molecule has 0 atom stereocenters. The highest BCUT2D eigenvalue weighted by atomic mass is 35.5. The normalized spacial score (nSPS) is 11.5. The maximum Gasteiger partial charge on any atom is 0.319 e. The number of anilines is 1. The molecule has 0 spiro atoms. The predicted molar refractivity (Wildman–Crippen MR) is 74.8 cm³/mol. The Kier molecular flexibility index (Phi) is 3.69.